The molecule has 4 atom stereocenters. The second-order valence-corrected chi connectivity index (χ2v) is 16.2. The Kier molecular flexibility index (Phi) is 12.8. The first kappa shape index (κ1) is 41.3. The number of amides is 3. The highest BCUT2D eigenvalue weighted by molar-refractivity contribution is 9.10. The molecule has 3 aliphatic rings. The lowest BCUT2D eigenvalue weighted by Crippen LogP contribution is -2.49. The molecule has 0 radical (unpaired) electrons. The Hall–Kier alpha value is -4.85. The van der Waals surface area contributed by atoms with E-state index in [2.05, 4.69) is 21.2 Å². The molecule has 7 rings (SSSR count). The number of unbranched alkanes of at least 4 members (excludes halogenated alkanes) is 1. The third-order valence-corrected chi connectivity index (χ3v) is 12.0. The third-order valence-electron chi connectivity index (χ3n) is 11.6. The molecule has 0 aliphatic carbocycles. The fourth-order valence-electron chi connectivity index (χ4n) is 8.40. The zero-order chi connectivity index (χ0) is 41.0. The molecule has 0 aromatic heterocycles. The zero-order valence-electron chi connectivity index (χ0n) is 32.9. The van der Waals surface area contributed by atoms with Crippen molar-refractivity contribution in [3.63, 3.8) is 0 Å². The third kappa shape index (κ3) is 8.21. The van der Waals surface area contributed by atoms with Gasteiger partial charge in [0.2, 0.25) is 11.8 Å². The van der Waals surface area contributed by atoms with Gasteiger partial charge in [0.25, 0.3) is 5.91 Å². The Morgan fingerprint density at radius 1 is 0.966 bits per heavy atom. The van der Waals surface area contributed by atoms with Gasteiger partial charge in [0, 0.05) is 41.2 Å². The van der Waals surface area contributed by atoms with Crippen molar-refractivity contribution in [1.82, 2.24) is 10.2 Å². The summed E-state index contributed by atoms with van der Waals surface area (Å²) in [5.41, 5.74) is 4.63. The number of ether oxygens (including phenoxy) is 1. The first-order chi connectivity index (χ1) is 28.1. The van der Waals surface area contributed by atoms with E-state index in [0.29, 0.717) is 55.9 Å². The maximum Gasteiger partial charge on any atom is 0.264 e. The molecule has 4 N–H and O–H groups in total. The molecule has 4 aromatic carbocycles. The second-order valence-electron chi connectivity index (χ2n) is 15.3. The first-order valence-electron chi connectivity index (χ1n) is 20.1. The molecule has 3 heterocycles. The molecule has 0 bridgehead atoms. The topological polar surface area (TPSA) is 143 Å². The molecular weight excluding hydrogens is 800 g/mol. The van der Waals surface area contributed by atoms with Crippen molar-refractivity contribution in [2.45, 2.75) is 76.7 Å². The Labute approximate surface area is 348 Å². The van der Waals surface area contributed by atoms with Crippen LogP contribution in [0.25, 0.3) is 0 Å². The smallest absolute Gasteiger partial charge is 0.264 e. The fourth-order valence-corrected chi connectivity index (χ4v) is 8.76. The first-order valence-corrected chi connectivity index (χ1v) is 20.9. The molecule has 0 saturated carbocycles. The molecule has 12 heteroatoms. The minimum Gasteiger partial charge on any atom is -0.494 e. The largest absolute Gasteiger partial charge is 0.494 e. The predicted octanol–water partition coefficient (Wildman–Crippen LogP) is 6.06. The van der Waals surface area contributed by atoms with E-state index in [4.69, 9.17) is 4.74 Å². The minimum absolute atomic E-state index is 0.0624. The van der Waals surface area contributed by atoms with Crippen molar-refractivity contribution in [2.75, 3.05) is 36.2 Å². The number of carbonyl (C=O) groups excluding carboxylic acids is 3. The molecule has 0 spiro atoms. The fraction of sp³-hybridized carbons (Fsp3) is 0.370. The average molecular weight is 852 g/mol. The van der Waals surface area contributed by atoms with Crippen LogP contribution in [-0.4, -0.2) is 76.4 Å². The summed E-state index contributed by atoms with van der Waals surface area (Å²) in [5.74, 6) is -0.620. The van der Waals surface area contributed by atoms with E-state index < -0.39 is 23.5 Å². The molecule has 4 aromatic rings. The Morgan fingerprint density at radius 2 is 1.72 bits per heavy atom. The number of nitrogens with zero attached hydrogens (tertiary/aromatic N) is 3. The van der Waals surface area contributed by atoms with Crippen LogP contribution in [0.5, 0.6) is 5.75 Å². The zero-order valence-corrected chi connectivity index (χ0v) is 34.5. The van der Waals surface area contributed by atoms with Crippen LogP contribution in [0.3, 0.4) is 0 Å². The SMILES string of the molecule is CCOc1ccc2c(c1)CC(NCCCCO)C(=O)N2c1ccc(CN2C(=O)[C@](O)([C@H](C)/C=C/CC(=O)N3Cc4ccccc4C[C@H]3CO)c3cc(Br)ccc32)cc1. The minimum atomic E-state index is -1.89. The van der Waals surface area contributed by atoms with E-state index in [-0.39, 0.29) is 44.0 Å². The number of aliphatic hydroxyl groups is 3. The number of rotatable bonds is 15. The Balaban J connectivity index is 1.08. The predicted molar refractivity (Wildman–Crippen MR) is 227 cm³/mol. The Bertz CT molecular complexity index is 2180. The number of halogens is 1. The molecule has 58 heavy (non-hydrogen) atoms. The van der Waals surface area contributed by atoms with Crippen LogP contribution in [0.4, 0.5) is 17.1 Å². The summed E-state index contributed by atoms with van der Waals surface area (Å²) in [6.07, 6.45) is 6.00. The van der Waals surface area contributed by atoms with E-state index in [1.54, 1.807) is 39.8 Å². The number of benzene rings is 4. The molecule has 0 saturated heterocycles. The van der Waals surface area contributed by atoms with Gasteiger partial charge in [0.15, 0.2) is 5.60 Å². The van der Waals surface area contributed by atoms with E-state index in [0.717, 1.165) is 44.6 Å². The molecule has 0 fully saturated rings. The van der Waals surface area contributed by atoms with Gasteiger partial charge in [0.05, 0.1) is 43.2 Å². The maximum atomic E-state index is 14.4. The summed E-state index contributed by atoms with van der Waals surface area (Å²) in [5, 5.41) is 35.0. The number of hydrogen-bond donors (Lipinski definition) is 4. The van der Waals surface area contributed by atoms with Crippen LogP contribution in [-0.2, 0) is 45.9 Å². The second kappa shape index (κ2) is 18.0. The highest BCUT2D eigenvalue weighted by atomic mass is 79.9. The average Bonchev–Trinajstić information content (AvgIpc) is 3.44. The van der Waals surface area contributed by atoms with Gasteiger partial charge in [-0.15, -0.1) is 0 Å². The number of carbonyl (C=O) groups is 3. The van der Waals surface area contributed by atoms with Gasteiger partial charge in [-0.05, 0) is 110 Å². The summed E-state index contributed by atoms with van der Waals surface area (Å²) >= 11 is 3.53. The summed E-state index contributed by atoms with van der Waals surface area (Å²) in [7, 11) is 0. The standard InChI is InChI=1S/C46H51BrN4O7/c1-3-58-38-18-20-41-34(24-38)25-40(48-21-6-7-22-52)44(55)51(41)36-16-13-31(14-17-36)27-50-42-19-15-35(47)26-39(42)46(57,45(50)56)30(2)9-8-12-43(54)49-28-33-11-5-4-10-32(33)23-37(49)29-53/h4-5,8-11,13-20,24,26,30,37,40,48,52-53,57H,3,6-7,12,21-23,25,27-29H2,1-2H3/b9-8+/t30-,37+,40?,46+/m1/s1. The lowest BCUT2D eigenvalue weighted by Gasteiger charge is -2.36. The van der Waals surface area contributed by atoms with Crippen molar-refractivity contribution in [3.05, 3.63) is 129 Å². The van der Waals surface area contributed by atoms with Crippen LogP contribution < -0.4 is 19.9 Å². The summed E-state index contributed by atoms with van der Waals surface area (Å²) < 4.78 is 6.49. The van der Waals surface area contributed by atoms with Crippen LogP contribution in [0.1, 0.15) is 60.9 Å². The highest BCUT2D eigenvalue weighted by Crippen LogP contribution is 2.47. The summed E-state index contributed by atoms with van der Waals surface area (Å²) in [4.78, 5) is 46.8. The van der Waals surface area contributed by atoms with Gasteiger partial charge in [-0.3, -0.25) is 19.3 Å². The van der Waals surface area contributed by atoms with Crippen LogP contribution in [0.2, 0.25) is 0 Å². The Morgan fingerprint density at radius 3 is 2.47 bits per heavy atom. The van der Waals surface area contributed by atoms with Gasteiger partial charge < -0.3 is 35.2 Å². The number of nitrogens with one attached hydrogen (secondary N) is 1. The van der Waals surface area contributed by atoms with Crippen molar-refractivity contribution >= 4 is 50.7 Å². The molecule has 11 nitrogen and oxygen atoms in total. The molecule has 3 amide bonds. The van der Waals surface area contributed by atoms with Crippen LogP contribution in [0, 0.1) is 5.92 Å². The van der Waals surface area contributed by atoms with E-state index in [1.807, 2.05) is 85.8 Å². The van der Waals surface area contributed by atoms with Gasteiger partial charge in [-0.2, -0.15) is 0 Å². The summed E-state index contributed by atoms with van der Waals surface area (Å²) in [6, 6.07) is 25.9. The van der Waals surface area contributed by atoms with Crippen molar-refractivity contribution in [2.24, 2.45) is 5.92 Å². The van der Waals surface area contributed by atoms with E-state index in [1.165, 1.54) is 0 Å². The van der Waals surface area contributed by atoms with Gasteiger partial charge in [-0.25, -0.2) is 0 Å². The maximum absolute atomic E-state index is 14.4. The monoisotopic (exact) mass is 850 g/mol. The number of hydrogen-bond acceptors (Lipinski definition) is 8. The van der Waals surface area contributed by atoms with Gasteiger partial charge >= 0.3 is 0 Å². The normalized spacial score (nSPS) is 20.6. The number of aliphatic hydroxyl groups excluding tert-OH is 2. The molecule has 1 unspecified atom stereocenters. The van der Waals surface area contributed by atoms with Crippen molar-refractivity contribution in [1.29, 1.82) is 0 Å². The molecular formula is C46H51BrN4O7. The number of anilines is 3. The van der Waals surface area contributed by atoms with E-state index in [9.17, 15) is 29.7 Å². The van der Waals surface area contributed by atoms with Crippen molar-refractivity contribution in [3.8, 4) is 5.75 Å². The van der Waals surface area contributed by atoms with Gasteiger partial charge in [-0.1, -0.05) is 71.4 Å². The van der Waals surface area contributed by atoms with Crippen molar-refractivity contribution < 1.29 is 34.4 Å². The summed E-state index contributed by atoms with van der Waals surface area (Å²) in [6.45, 7) is 5.41. The quantitative estimate of drug-likeness (QED) is 0.0836. The lowest BCUT2D eigenvalue weighted by atomic mass is 9.83. The van der Waals surface area contributed by atoms with Gasteiger partial charge in [0.1, 0.15) is 5.75 Å². The van der Waals surface area contributed by atoms with Crippen LogP contribution >= 0.6 is 15.9 Å². The molecule has 3 aliphatic heterocycles. The molecule has 304 valence electrons. The number of fused-ring (bicyclic) bond motifs is 3. The highest BCUT2D eigenvalue weighted by Gasteiger charge is 2.52. The van der Waals surface area contributed by atoms with E-state index >= 15 is 0 Å². The van der Waals surface area contributed by atoms with Crippen LogP contribution in [0.15, 0.2) is 102 Å². The lowest BCUT2D eigenvalue weighted by molar-refractivity contribution is -0.139.